The molecule has 0 atom stereocenters. The molecule has 1 aromatic carbocycles. The van der Waals surface area contributed by atoms with Crippen LogP contribution in [0.15, 0.2) is 42.5 Å². The quantitative estimate of drug-likeness (QED) is 0.686. The maximum Gasteiger partial charge on any atom is 0.200 e. The Morgan fingerprint density at radius 1 is 1.11 bits per heavy atom. The normalized spacial score (nSPS) is 10.5. The standard InChI is InChI=1S/C12H12N6O/c1-2-4-10(5-3-1)19-9-8-13-11-6-7-12-14-16-17-18(12)15-11/h1-7H,8-9H2,(H,13,15). The number of anilines is 1. The summed E-state index contributed by atoms with van der Waals surface area (Å²) in [4.78, 5) is 0. The molecule has 19 heavy (non-hydrogen) atoms. The molecule has 0 unspecified atom stereocenters. The summed E-state index contributed by atoms with van der Waals surface area (Å²) in [5.41, 5.74) is 0.617. The van der Waals surface area contributed by atoms with Crippen molar-refractivity contribution in [2.75, 3.05) is 18.5 Å². The summed E-state index contributed by atoms with van der Waals surface area (Å²) in [5, 5.41) is 18.4. The van der Waals surface area contributed by atoms with E-state index in [9.17, 15) is 0 Å². The molecule has 0 saturated heterocycles. The second-order valence-corrected chi connectivity index (χ2v) is 3.83. The molecule has 3 rings (SSSR count). The molecular weight excluding hydrogens is 244 g/mol. The highest BCUT2D eigenvalue weighted by Crippen LogP contribution is 2.08. The molecule has 0 aliphatic carbocycles. The van der Waals surface area contributed by atoms with E-state index < -0.39 is 0 Å². The van der Waals surface area contributed by atoms with Crippen molar-refractivity contribution < 1.29 is 4.74 Å². The molecule has 0 aliphatic rings. The van der Waals surface area contributed by atoms with Crippen LogP contribution in [0.1, 0.15) is 0 Å². The van der Waals surface area contributed by atoms with Crippen molar-refractivity contribution in [3.05, 3.63) is 42.5 Å². The zero-order valence-electron chi connectivity index (χ0n) is 10.1. The number of hydrogen-bond acceptors (Lipinski definition) is 6. The maximum absolute atomic E-state index is 5.56. The van der Waals surface area contributed by atoms with Crippen molar-refractivity contribution in [1.29, 1.82) is 0 Å². The van der Waals surface area contributed by atoms with Crippen LogP contribution in [0.4, 0.5) is 5.82 Å². The number of tetrazole rings is 1. The topological polar surface area (TPSA) is 77.2 Å². The van der Waals surface area contributed by atoms with Crippen molar-refractivity contribution in [3.63, 3.8) is 0 Å². The molecule has 0 bridgehead atoms. The summed E-state index contributed by atoms with van der Waals surface area (Å²) in [6, 6.07) is 13.3. The average Bonchev–Trinajstić information content (AvgIpc) is 2.92. The molecule has 0 aliphatic heterocycles. The second kappa shape index (κ2) is 5.30. The predicted molar refractivity (Wildman–Crippen MR) is 69.0 cm³/mol. The van der Waals surface area contributed by atoms with Gasteiger partial charge in [0.05, 0.1) is 6.54 Å². The predicted octanol–water partition coefficient (Wildman–Crippen LogP) is 1.01. The lowest BCUT2D eigenvalue weighted by Gasteiger charge is -2.07. The number of aromatic nitrogens is 5. The largest absolute Gasteiger partial charge is 0.492 e. The first-order valence-electron chi connectivity index (χ1n) is 5.89. The van der Waals surface area contributed by atoms with E-state index in [0.29, 0.717) is 24.6 Å². The van der Waals surface area contributed by atoms with E-state index in [2.05, 4.69) is 25.9 Å². The van der Waals surface area contributed by atoms with Gasteiger partial charge in [-0.05, 0) is 34.7 Å². The Labute approximate surface area is 109 Å². The number of nitrogens with zero attached hydrogens (tertiary/aromatic N) is 5. The fourth-order valence-corrected chi connectivity index (χ4v) is 1.61. The van der Waals surface area contributed by atoms with E-state index in [-0.39, 0.29) is 0 Å². The van der Waals surface area contributed by atoms with Gasteiger partial charge in [-0.1, -0.05) is 18.2 Å². The maximum atomic E-state index is 5.56. The van der Waals surface area contributed by atoms with Gasteiger partial charge < -0.3 is 10.1 Å². The van der Waals surface area contributed by atoms with Gasteiger partial charge in [-0.15, -0.1) is 14.8 Å². The highest BCUT2D eigenvalue weighted by atomic mass is 16.5. The van der Waals surface area contributed by atoms with Gasteiger partial charge in [-0.2, -0.15) is 0 Å². The number of fused-ring (bicyclic) bond motifs is 1. The summed E-state index contributed by atoms with van der Waals surface area (Å²) < 4.78 is 6.94. The molecule has 0 amide bonds. The van der Waals surface area contributed by atoms with E-state index in [1.165, 1.54) is 4.63 Å². The minimum absolute atomic E-state index is 0.555. The van der Waals surface area contributed by atoms with Crippen LogP contribution < -0.4 is 10.1 Å². The van der Waals surface area contributed by atoms with Crippen LogP contribution in [0.5, 0.6) is 5.75 Å². The Morgan fingerprint density at radius 3 is 2.89 bits per heavy atom. The fourth-order valence-electron chi connectivity index (χ4n) is 1.61. The molecule has 1 N–H and O–H groups in total. The molecule has 0 radical (unpaired) electrons. The van der Waals surface area contributed by atoms with Gasteiger partial charge in [0.25, 0.3) is 0 Å². The molecule has 7 nitrogen and oxygen atoms in total. The van der Waals surface area contributed by atoms with Crippen molar-refractivity contribution in [2.45, 2.75) is 0 Å². The average molecular weight is 256 g/mol. The van der Waals surface area contributed by atoms with Crippen molar-refractivity contribution >= 4 is 11.5 Å². The monoisotopic (exact) mass is 256 g/mol. The minimum atomic E-state index is 0.555. The van der Waals surface area contributed by atoms with Gasteiger partial charge >= 0.3 is 0 Å². The molecule has 2 aromatic heterocycles. The van der Waals surface area contributed by atoms with Crippen LogP contribution in [-0.2, 0) is 0 Å². The molecule has 0 spiro atoms. The Hall–Kier alpha value is -2.70. The Bertz CT molecular complexity index is 653. The zero-order chi connectivity index (χ0) is 12.9. The van der Waals surface area contributed by atoms with E-state index in [0.717, 1.165) is 5.75 Å². The summed E-state index contributed by atoms with van der Waals surface area (Å²) in [5.74, 6) is 1.56. The molecule has 96 valence electrons. The lowest BCUT2D eigenvalue weighted by atomic mass is 10.3. The lowest BCUT2D eigenvalue weighted by Crippen LogP contribution is -2.13. The van der Waals surface area contributed by atoms with Crippen LogP contribution in [0.25, 0.3) is 5.65 Å². The highest BCUT2D eigenvalue weighted by Gasteiger charge is 1.99. The highest BCUT2D eigenvalue weighted by molar-refractivity contribution is 5.41. The Kier molecular flexibility index (Phi) is 3.18. The third kappa shape index (κ3) is 2.76. The summed E-state index contributed by atoms with van der Waals surface area (Å²) in [6.45, 7) is 1.20. The first-order valence-corrected chi connectivity index (χ1v) is 5.89. The second-order valence-electron chi connectivity index (χ2n) is 3.83. The van der Waals surface area contributed by atoms with Gasteiger partial charge in [0.2, 0.25) is 0 Å². The van der Waals surface area contributed by atoms with E-state index in [1.54, 1.807) is 6.07 Å². The molecule has 3 aromatic rings. The number of rotatable bonds is 5. The molecule has 0 fully saturated rings. The van der Waals surface area contributed by atoms with Crippen LogP contribution in [0, 0.1) is 0 Å². The number of hydrogen-bond donors (Lipinski definition) is 1. The van der Waals surface area contributed by atoms with Gasteiger partial charge in [0.1, 0.15) is 18.2 Å². The molecule has 0 saturated carbocycles. The summed E-state index contributed by atoms with van der Waals surface area (Å²) >= 11 is 0. The molecular formula is C12H12N6O. The van der Waals surface area contributed by atoms with Crippen molar-refractivity contribution in [3.8, 4) is 5.75 Å². The lowest BCUT2D eigenvalue weighted by molar-refractivity contribution is 0.332. The number of nitrogens with one attached hydrogen (secondary N) is 1. The van der Waals surface area contributed by atoms with Gasteiger partial charge in [0.15, 0.2) is 5.65 Å². The molecule has 7 heteroatoms. The van der Waals surface area contributed by atoms with Gasteiger partial charge in [-0.3, -0.25) is 0 Å². The summed E-state index contributed by atoms with van der Waals surface area (Å²) in [7, 11) is 0. The fraction of sp³-hybridized carbons (Fsp3) is 0.167. The Morgan fingerprint density at radius 2 is 2.00 bits per heavy atom. The first-order chi connectivity index (χ1) is 9.42. The van der Waals surface area contributed by atoms with Crippen LogP contribution in [0.3, 0.4) is 0 Å². The SMILES string of the molecule is c1ccc(OCCNc2ccc3nnnn3n2)cc1. The van der Waals surface area contributed by atoms with Crippen LogP contribution in [0.2, 0.25) is 0 Å². The van der Waals surface area contributed by atoms with E-state index in [4.69, 9.17) is 4.74 Å². The van der Waals surface area contributed by atoms with Crippen molar-refractivity contribution in [2.24, 2.45) is 0 Å². The molecule has 2 heterocycles. The van der Waals surface area contributed by atoms with Crippen LogP contribution >= 0.6 is 0 Å². The van der Waals surface area contributed by atoms with Crippen molar-refractivity contribution in [1.82, 2.24) is 25.3 Å². The zero-order valence-corrected chi connectivity index (χ0v) is 10.1. The smallest absolute Gasteiger partial charge is 0.200 e. The van der Waals surface area contributed by atoms with Gasteiger partial charge in [-0.25, -0.2) is 0 Å². The summed E-state index contributed by atoms with van der Waals surface area (Å²) in [6.07, 6.45) is 0. The number of para-hydroxylation sites is 1. The van der Waals surface area contributed by atoms with Gasteiger partial charge in [0, 0.05) is 0 Å². The van der Waals surface area contributed by atoms with Crippen LogP contribution in [-0.4, -0.2) is 38.4 Å². The van der Waals surface area contributed by atoms with E-state index in [1.807, 2.05) is 36.4 Å². The number of benzene rings is 1. The first kappa shape index (κ1) is 11.4. The van der Waals surface area contributed by atoms with E-state index >= 15 is 0 Å². The third-order valence-corrected chi connectivity index (χ3v) is 2.49. The number of ether oxygens (including phenoxy) is 1. The Balaban J connectivity index is 1.52. The minimum Gasteiger partial charge on any atom is -0.492 e. The third-order valence-electron chi connectivity index (χ3n) is 2.49.